The van der Waals surface area contributed by atoms with Gasteiger partial charge >= 0.3 is 7.32 Å². The predicted octanol–water partition coefficient (Wildman–Crippen LogP) is 5.02. The third kappa shape index (κ3) is 4.98. The van der Waals surface area contributed by atoms with Crippen LogP contribution >= 0.6 is 7.26 Å². The van der Waals surface area contributed by atoms with Gasteiger partial charge in [0.15, 0.2) is 0 Å². The van der Waals surface area contributed by atoms with Crippen molar-refractivity contribution in [3.05, 3.63) is 66.7 Å². The summed E-state index contributed by atoms with van der Waals surface area (Å²) in [6.07, 6.45) is 0. The summed E-state index contributed by atoms with van der Waals surface area (Å²) in [5, 5.41) is 24.6. The molecule has 0 heterocycles. The maximum atomic E-state index is 9.14. The summed E-state index contributed by atoms with van der Waals surface area (Å²) < 4.78 is 5.16. The molecule has 0 atom stereocenters. The summed E-state index contributed by atoms with van der Waals surface area (Å²) in [6, 6.07) is 22.1. The van der Waals surface area contributed by atoms with Crippen LogP contribution in [0.2, 0.25) is 0 Å². The quantitative estimate of drug-likeness (QED) is 0.223. The second-order valence-electron chi connectivity index (χ2n) is 7.97. The molecule has 0 fully saturated rings. The molecule has 0 saturated heterocycles. The zero-order chi connectivity index (χ0) is 19.6. The normalized spacial score (nSPS) is 11.3. The van der Waals surface area contributed by atoms with Crippen molar-refractivity contribution in [2.24, 2.45) is 0 Å². The lowest BCUT2D eigenvalue weighted by Gasteiger charge is -2.12. The number of hydrogen-bond acceptors (Lipinski definition) is 3. The minimum atomic E-state index is -1.83. The first-order valence-corrected chi connectivity index (χ1v) is 12.5. The molecule has 0 amide bonds. The maximum absolute atomic E-state index is 9.14. The molecule has 4 rings (SSSR count). The minimum absolute atomic E-state index is 0.389. The summed E-state index contributed by atoms with van der Waals surface area (Å²) in [6.45, 7) is 9.19. The molecule has 4 aromatic rings. The molecule has 0 aliphatic rings. The van der Waals surface area contributed by atoms with Crippen LogP contribution in [0.25, 0.3) is 32.3 Å². The number of rotatable bonds is 2. The molecular formula is C22H25BO3P+. The van der Waals surface area contributed by atoms with Crippen LogP contribution in [0.4, 0.5) is 0 Å². The van der Waals surface area contributed by atoms with E-state index >= 15 is 0 Å². The third-order valence-electron chi connectivity index (χ3n) is 3.92. The van der Waals surface area contributed by atoms with Gasteiger partial charge in [-0.3, -0.25) is 0 Å². The van der Waals surface area contributed by atoms with E-state index < -0.39 is 7.32 Å². The fourth-order valence-electron chi connectivity index (χ4n) is 2.98. The molecule has 0 aliphatic carbocycles. The van der Waals surface area contributed by atoms with Gasteiger partial charge in [-0.25, -0.2) is 0 Å². The summed E-state index contributed by atoms with van der Waals surface area (Å²) in [7, 11) is -2.22. The summed E-state index contributed by atoms with van der Waals surface area (Å²) in [5.41, 5.74) is 0. The second kappa shape index (κ2) is 7.86. The van der Waals surface area contributed by atoms with Gasteiger partial charge in [0.2, 0.25) is 0 Å². The summed E-state index contributed by atoms with van der Waals surface area (Å²) >= 11 is 0. The largest absolute Gasteiger partial charge is 0.707 e. The molecule has 0 saturated carbocycles. The zero-order valence-electron chi connectivity index (χ0n) is 16.2. The van der Waals surface area contributed by atoms with Gasteiger partial charge in [-0.1, -0.05) is 48.5 Å². The van der Waals surface area contributed by atoms with E-state index in [0.717, 1.165) is 26.9 Å². The Balaban J connectivity index is 0.000000376. The molecule has 0 unspecified atom stereocenters. The Labute approximate surface area is 161 Å². The van der Waals surface area contributed by atoms with Crippen LogP contribution in [0.3, 0.4) is 0 Å². The van der Waals surface area contributed by atoms with Gasteiger partial charge in [0.05, 0.1) is 0 Å². The maximum Gasteiger partial charge on any atom is 0.707 e. The average molecular weight is 379 g/mol. The Hall–Kier alpha value is -2.13. The topological polar surface area (TPSA) is 49.7 Å². The van der Waals surface area contributed by atoms with Crippen molar-refractivity contribution in [3.63, 3.8) is 0 Å². The molecule has 2 N–H and O–H groups in total. The molecule has 0 spiro atoms. The first kappa shape index (κ1) is 19.6. The van der Waals surface area contributed by atoms with Crippen molar-refractivity contribution in [1.82, 2.24) is 0 Å². The highest BCUT2D eigenvalue weighted by Gasteiger charge is 2.15. The van der Waals surface area contributed by atoms with Gasteiger partial charge in [0, 0.05) is 39.3 Å². The molecule has 5 heteroatoms. The minimum Gasteiger partial charge on any atom is -0.511 e. The average Bonchev–Trinajstić information content (AvgIpc) is 2.58. The van der Waals surface area contributed by atoms with Gasteiger partial charge < -0.3 is 14.7 Å². The summed E-state index contributed by atoms with van der Waals surface area (Å²) in [5.74, 6) is 0.466. The highest BCUT2D eigenvalue weighted by molar-refractivity contribution is 7.73. The van der Waals surface area contributed by atoms with Crippen molar-refractivity contribution >= 4 is 46.9 Å². The van der Waals surface area contributed by atoms with Crippen molar-refractivity contribution in [1.29, 1.82) is 0 Å². The van der Waals surface area contributed by atoms with E-state index in [0.29, 0.717) is 5.75 Å². The smallest absolute Gasteiger partial charge is 0.511 e. The van der Waals surface area contributed by atoms with E-state index in [1.54, 1.807) is 6.07 Å². The second-order valence-corrected chi connectivity index (χ2v) is 13.3. The predicted molar refractivity (Wildman–Crippen MR) is 120 cm³/mol. The Morgan fingerprint density at radius 2 is 1.26 bits per heavy atom. The van der Waals surface area contributed by atoms with Crippen molar-refractivity contribution in [2.45, 2.75) is 0 Å². The van der Waals surface area contributed by atoms with E-state index in [1.807, 2.05) is 30.3 Å². The fourth-order valence-corrected chi connectivity index (χ4v) is 2.98. The summed E-state index contributed by atoms with van der Waals surface area (Å²) in [4.78, 5) is 0. The van der Waals surface area contributed by atoms with E-state index in [-0.39, 0.29) is 7.26 Å². The lowest BCUT2D eigenvalue weighted by Crippen LogP contribution is -2.20. The van der Waals surface area contributed by atoms with E-state index in [1.165, 1.54) is 5.39 Å². The number of benzene rings is 4. The van der Waals surface area contributed by atoms with E-state index in [4.69, 9.17) is 14.7 Å². The highest BCUT2D eigenvalue weighted by Crippen LogP contribution is 2.40. The Morgan fingerprint density at radius 3 is 1.89 bits per heavy atom. The van der Waals surface area contributed by atoms with E-state index in [2.05, 4.69) is 57.0 Å². The SMILES string of the molecule is C[P+](C)(C)C.OB(O)Oc1cccc2ccc3cc4ccccc4cc3c12. The van der Waals surface area contributed by atoms with Gasteiger partial charge in [-0.05, 0) is 45.1 Å². The Bertz CT molecular complexity index is 1080. The van der Waals surface area contributed by atoms with Gasteiger partial charge in [-0.15, -0.1) is 0 Å². The van der Waals surface area contributed by atoms with Crippen molar-refractivity contribution in [3.8, 4) is 5.75 Å². The third-order valence-corrected chi connectivity index (χ3v) is 3.92. The van der Waals surface area contributed by atoms with Crippen LogP contribution in [0, 0.1) is 0 Å². The lowest BCUT2D eigenvalue weighted by atomic mass is 9.97. The van der Waals surface area contributed by atoms with Gasteiger partial charge in [-0.2, -0.15) is 0 Å². The molecule has 3 nitrogen and oxygen atoms in total. The highest BCUT2D eigenvalue weighted by atomic mass is 31.2. The molecular weight excluding hydrogens is 354 g/mol. The first-order chi connectivity index (χ1) is 12.7. The molecule has 138 valence electrons. The fraction of sp³-hybridized carbons (Fsp3) is 0.182. The van der Waals surface area contributed by atoms with Crippen molar-refractivity contribution < 1.29 is 14.7 Å². The molecule has 0 aromatic heterocycles. The van der Waals surface area contributed by atoms with Crippen LogP contribution in [0.1, 0.15) is 0 Å². The molecule has 0 radical (unpaired) electrons. The van der Waals surface area contributed by atoms with Crippen LogP contribution in [-0.2, 0) is 0 Å². The molecule has 27 heavy (non-hydrogen) atoms. The standard InChI is InChI=1S/C18H13BO3.C4H12P/c20-19(21)22-17-7-3-6-12-8-9-15-10-13-4-1-2-5-14(13)11-16(15)18(12)17;1-5(2,3)4/h1-11,20-21H;1-4H3/q;+1. The number of fused-ring (bicyclic) bond motifs is 4. The number of hydrogen-bond donors (Lipinski definition) is 2. The Morgan fingerprint density at radius 1 is 0.704 bits per heavy atom. The van der Waals surface area contributed by atoms with Gasteiger partial charge in [0.25, 0.3) is 0 Å². The molecule has 0 bridgehead atoms. The van der Waals surface area contributed by atoms with Crippen LogP contribution in [0.5, 0.6) is 5.75 Å². The lowest BCUT2D eigenvalue weighted by molar-refractivity contribution is 0.289. The zero-order valence-corrected chi connectivity index (χ0v) is 17.1. The van der Waals surface area contributed by atoms with E-state index in [9.17, 15) is 0 Å². The monoisotopic (exact) mass is 379 g/mol. The molecule has 0 aliphatic heterocycles. The first-order valence-electron chi connectivity index (χ1n) is 8.88. The van der Waals surface area contributed by atoms with Crippen molar-refractivity contribution in [2.75, 3.05) is 26.7 Å². The van der Waals surface area contributed by atoms with Crippen LogP contribution < -0.4 is 4.65 Å². The van der Waals surface area contributed by atoms with Crippen LogP contribution in [0.15, 0.2) is 66.7 Å². The molecule has 4 aromatic carbocycles. The Kier molecular flexibility index (Phi) is 5.71. The van der Waals surface area contributed by atoms with Gasteiger partial charge in [0.1, 0.15) is 5.75 Å². The van der Waals surface area contributed by atoms with Crippen LogP contribution in [-0.4, -0.2) is 44.0 Å².